The summed E-state index contributed by atoms with van der Waals surface area (Å²) < 4.78 is 13.3. The molecule has 1 saturated heterocycles. The summed E-state index contributed by atoms with van der Waals surface area (Å²) >= 11 is 0. The van der Waals surface area contributed by atoms with E-state index in [9.17, 15) is 4.39 Å². The van der Waals surface area contributed by atoms with Gasteiger partial charge in [0.05, 0.1) is 0 Å². The van der Waals surface area contributed by atoms with Gasteiger partial charge in [0.1, 0.15) is 5.82 Å². The van der Waals surface area contributed by atoms with Gasteiger partial charge in [-0.1, -0.05) is 6.07 Å². The van der Waals surface area contributed by atoms with Crippen LogP contribution >= 0.6 is 0 Å². The second kappa shape index (κ2) is 4.65. The van der Waals surface area contributed by atoms with Gasteiger partial charge < -0.3 is 10.2 Å². The van der Waals surface area contributed by atoms with Crippen molar-refractivity contribution in [1.29, 1.82) is 0 Å². The molecule has 2 nitrogen and oxygen atoms in total. The second-order valence-electron chi connectivity index (χ2n) is 5.39. The first-order valence-corrected chi connectivity index (χ1v) is 6.29. The van der Waals surface area contributed by atoms with Gasteiger partial charge in [-0.05, 0) is 45.4 Å². The highest BCUT2D eigenvalue weighted by molar-refractivity contribution is 5.48. The van der Waals surface area contributed by atoms with E-state index in [2.05, 4.69) is 31.0 Å². The molecule has 1 atom stereocenters. The van der Waals surface area contributed by atoms with Crippen LogP contribution in [0.2, 0.25) is 0 Å². The lowest BCUT2D eigenvalue weighted by Crippen LogP contribution is -2.36. The van der Waals surface area contributed by atoms with Gasteiger partial charge in [-0.25, -0.2) is 4.39 Å². The number of anilines is 1. The minimum Gasteiger partial charge on any atom is -0.367 e. The molecule has 94 valence electrons. The Bertz CT molecular complexity index is 390. The number of hydrogen-bond acceptors (Lipinski definition) is 2. The number of nitrogens with one attached hydrogen (secondary N) is 1. The molecule has 1 aliphatic heterocycles. The van der Waals surface area contributed by atoms with Gasteiger partial charge in [0, 0.05) is 30.4 Å². The Balaban J connectivity index is 2.17. The van der Waals surface area contributed by atoms with E-state index in [1.807, 2.05) is 6.07 Å². The third-order valence-corrected chi connectivity index (χ3v) is 3.48. The molecule has 1 N–H and O–H groups in total. The standard InChI is InChI=1S/C14H21FN2/c1-4-17(12-7-5-6-11(15)8-12)13-9-14(2,3)16-10-13/h5-8,13,16H,4,9-10H2,1-3H3. The molecule has 3 heteroatoms. The summed E-state index contributed by atoms with van der Waals surface area (Å²) in [6.07, 6.45) is 1.09. The molecule has 0 aliphatic carbocycles. The highest BCUT2D eigenvalue weighted by atomic mass is 19.1. The van der Waals surface area contributed by atoms with Gasteiger partial charge in [-0.15, -0.1) is 0 Å². The lowest BCUT2D eigenvalue weighted by Gasteiger charge is -2.30. The highest BCUT2D eigenvalue weighted by Crippen LogP contribution is 2.26. The Morgan fingerprint density at radius 1 is 1.47 bits per heavy atom. The molecule has 0 radical (unpaired) electrons. The van der Waals surface area contributed by atoms with Gasteiger partial charge in [-0.3, -0.25) is 0 Å². The predicted molar refractivity (Wildman–Crippen MR) is 69.9 cm³/mol. The first kappa shape index (κ1) is 12.4. The second-order valence-corrected chi connectivity index (χ2v) is 5.39. The molecule has 17 heavy (non-hydrogen) atoms. The van der Waals surface area contributed by atoms with Gasteiger partial charge in [0.25, 0.3) is 0 Å². The maximum atomic E-state index is 13.3. The summed E-state index contributed by atoms with van der Waals surface area (Å²) in [4.78, 5) is 2.28. The molecule has 1 aliphatic rings. The number of hydrogen-bond donors (Lipinski definition) is 1. The number of halogens is 1. The topological polar surface area (TPSA) is 15.3 Å². The van der Waals surface area contributed by atoms with E-state index in [1.54, 1.807) is 12.1 Å². The number of rotatable bonds is 3. The van der Waals surface area contributed by atoms with Crippen molar-refractivity contribution in [3.05, 3.63) is 30.1 Å². The van der Waals surface area contributed by atoms with Crippen LogP contribution in [0, 0.1) is 5.82 Å². The fourth-order valence-electron chi connectivity index (χ4n) is 2.65. The number of benzene rings is 1. The van der Waals surface area contributed by atoms with Crippen LogP contribution in [0.25, 0.3) is 0 Å². The normalized spacial score (nSPS) is 22.7. The molecule has 0 bridgehead atoms. The molecule has 1 unspecified atom stereocenters. The van der Waals surface area contributed by atoms with E-state index < -0.39 is 0 Å². The van der Waals surface area contributed by atoms with E-state index in [0.717, 1.165) is 25.2 Å². The fourth-order valence-corrected chi connectivity index (χ4v) is 2.65. The summed E-state index contributed by atoms with van der Waals surface area (Å²) in [5.41, 5.74) is 1.17. The summed E-state index contributed by atoms with van der Waals surface area (Å²) in [5.74, 6) is -0.161. The van der Waals surface area contributed by atoms with Crippen molar-refractivity contribution in [3.8, 4) is 0 Å². The summed E-state index contributed by atoms with van der Waals surface area (Å²) in [6, 6.07) is 7.33. The van der Waals surface area contributed by atoms with E-state index in [0.29, 0.717) is 6.04 Å². The van der Waals surface area contributed by atoms with Crippen molar-refractivity contribution in [2.24, 2.45) is 0 Å². The lowest BCUT2D eigenvalue weighted by molar-refractivity contribution is 0.452. The van der Waals surface area contributed by atoms with Crippen LogP contribution in [-0.2, 0) is 0 Å². The van der Waals surface area contributed by atoms with Crippen LogP contribution in [0.3, 0.4) is 0 Å². The van der Waals surface area contributed by atoms with Crippen molar-refractivity contribution in [3.63, 3.8) is 0 Å². The van der Waals surface area contributed by atoms with Crippen molar-refractivity contribution >= 4 is 5.69 Å². The molecule has 0 amide bonds. The maximum absolute atomic E-state index is 13.3. The molecule has 2 rings (SSSR count). The van der Waals surface area contributed by atoms with Gasteiger partial charge >= 0.3 is 0 Å². The Morgan fingerprint density at radius 2 is 2.24 bits per heavy atom. The van der Waals surface area contributed by atoms with E-state index in [1.165, 1.54) is 6.07 Å². The molecule has 1 aromatic carbocycles. The molecular weight excluding hydrogens is 215 g/mol. The molecule has 0 aromatic heterocycles. The van der Waals surface area contributed by atoms with Crippen LogP contribution in [0.5, 0.6) is 0 Å². The van der Waals surface area contributed by atoms with Crippen LogP contribution < -0.4 is 10.2 Å². The van der Waals surface area contributed by atoms with E-state index in [-0.39, 0.29) is 11.4 Å². The Morgan fingerprint density at radius 3 is 2.76 bits per heavy atom. The lowest BCUT2D eigenvalue weighted by atomic mass is 10.0. The van der Waals surface area contributed by atoms with Crippen molar-refractivity contribution in [2.75, 3.05) is 18.0 Å². The zero-order chi connectivity index (χ0) is 12.5. The zero-order valence-corrected chi connectivity index (χ0v) is 10.8. The zero-order valence-electron chi connectivity index (χ0n) is 10.8. The molecule has 1 heterocycles. The third-order valence-electron chi connectivity index (χ3n) is 3.48. The van der Waals surface area contributed by atoms with Crippen LogP contribution in [0.1, 0.15) is 27.2 Å². The van der Waals surface area contributed by atoms with E-state index >= 15 is 0 Å². The monoisotopic (exact) mass is 236 g/mol. The van der Waals surface area contributed by atoms with E-state index in [4.69, 9.17) is 0 Å². The molecule has 1 aromatic rings. The number of likely N-dealkylation sites (N-methyl/N-ethyl adjacent to an activating group) is 1. The Labute approximate surface area is 103 Å². The SMILES string of the molecule is CCN(c1cccc(F)c1)C1CNC(C)(C)C1. The Hall–Kier alpha value is -1.09. The minimum absolute atomic E-state index is 0.161. The molecular formula is C14H21FN2. The van der Waals surface area contributed by atoms with Crippen LogP contribution in [-0.4, -0.2) is 24.7 Å². The number of nitrogens with zero attached hydrogens (tertiary/aromatic N) is 1. The largest absolute Gasteiger partial charge is 0.367 e. The highest BCUT2D eigenvalue weighted by Gasteiger charge is 2.33. The quantitative estimate of drug-likeness (QED) is 0.868. The van der Waals surface area contributed by atoms with Gasteiger partial charge in [0.2, 0.25) is 0 Å². The smallest absolute Gasteiger partial charge is 0.125 e. The summed E-state index contributed by atoms with van der Waals surface area (Å²) in [6.45, 7) is 8.43. The van der Waals surface area contributed by atoms with Gasteiger partial charge in [0.15, 0.2) is 0 Å². The molecule has 1 fully saturated rings. The van der Waals surface area contributed by atoms with Crippen molar-refractivity contribution in [1.82, 2.24) is 5.32 Å². The van der Waals surface area contributed by atoms with Gasteiger partial charge in [-0.2, -0.15) is 0 Å². The Kier molecular flexibility index (Phi) is 3.38. The molecule has 0 spiro atoms. The molecule has 0 saturated carbocycles. The average molecular weight is 236 g/mol. The minimum atomic E-state index is -0.161. The first-order chi connectivity index (χ1) is 8.02. The van der Waals surface area contributed by atoms with Crippen LogP contribution in [0.15, 0.2) is 24.3 Å². The average Bonchev–Trinajstić information content (AvgIpc) is 2.60. The predicted octanol–water partition coefficient (Wildman–Crippen LogP) is 2.79. The summed E-state index contributed by atoms with van der Waals surface area (Å²) in [5, 5.41) is 3.51. The maximum Gasteiger partial charge on any atom is 0.125 e. The van der Waals surface area contributed by atoms with Crippen molar-refractivity contribution in [2.45, 2.75) is 38.8 Å². The first-order valence-electron chi connectivity index (χ1n) is 6.29. The van der Waals surface area contributed by atoms with Crippen molar-refractivity contribution < 1.29 is 4.39 Å². The van der Waals surface area contributed by atoms with Crippen LogP contribution in [0.4, 0.5) is 10.1 Å². The fraction of sp³-hybridized carbons (Fsp3) is 0.571. The third kappa shape index (κ3) is 2.78. The summed E-state index contributed by atoms with van der Waals surface area (Å²) in [7, 11) is 0.